The van der Waals surface area contributed by atoms with E-state index < -0.39 is 0 Å². The number of oxime groups is 1. The van der Waals surface area contributed by atoms with Crippen LogP contribution in [0.5, 0.6) is 17.2 Å². The molecule has 0 spiro atoms. The lowest BCUT2D eigenvalue weighted by Crippen LogP contribution is -2.00. The molecule has 150 valence electrons. The van der Waals surface area contributed by atoms with Crippen molar-refractivity contribution in [2.24, 2.45) is 5.16 Å². The van der Waals surface area contributed by atoms with Gasteiger partial charge in [-0.3, -0.25) is 0 Å². The van der Waals surface area contributed by atoms with Crippen LogP contribution >= 0.6 is 46.4 Å². The fourth-order valence-corrected chi connectivity index (χ4v) is 2.80. The molecule has 0 radical (unpaired) electrons. The highest BCUT2D eigenvalue weighted by atomic mass is 35.5. The molecule has 0 fully saturated rings. The van der Waals surface area contributed by atoms with Gasteiger partial charge in [-0.1, -0.05) is 69.8 Å². The van der Waals surface area contributed by atoms with Gasteiger partial charge in [0.1, 0.15) is 16.8 Å². The van der Waals surface area contributed by atoms with Gasteiger partial charge in [-0.2, -0.15) is 0 Å². The summed E-state index contributed by atoms with van der Waals surface area (Å²) in [6.45, 7) is 0.697. The van der Waals surface area contributed by atoms with Crippen molar-refractivity contribution in [1.29, 1.82) is 0 Å². The Balaban J connectivity index is 1.68. The molecule has 4 nitrogen and oxygen atoms in total. The molecule has 2 aromatic carbocycles. The fraction of sp³-hybridized carbons (Fsp3) is 0.250. The van der Waals surface area contributed by atoms with Crippen molar-refractivity contribution in [3.05, 3.63) is 63.1 Å². The molecule has 0 saturated carbocycles. The minimum Gasteiger partial charge on any atom is -0.490 e. The maximum absolute atomic E-state index is 6.22. The van der Waals surface area contributed by atoms with Crippen LogP contribution in [0.1, 0.15) is 19.3 Å². The monoisotopic (exact) mass is 461 g/mol. The first kappa shape index (κ1) is 22.7. The summed E-state index contributed by atoms with van der Waals surface area (Å²) in [5.74, 6) is 1.64. The van der Waals surface area contributed by atoms with Crippen molar-refractivity contribution >= 4 is 52.6 Å². The third-order valence-corrected chi connectivity index (χ3v) is 4.28. The van der Waals surface area contributed by atoms with Crippen LogP contribution in [0.25, 0.3) is 0 Å². The van der Waals surface area contributed by atoms with Crippen LogP contribution in [0.3, 0.4) is 0 Å². The normalized spacial score (nSPS) is 10.7. The molecule has 0 bridgehead atoms. The summed E-state index contributed by atoms with van der Waals surface area (Å²) in [5, 5.41) is 4.68. The number of hydrogen-bond acceptors (Lipinski definition) is 4. The number of rotatable bonds is 11. The summed E-state index contributed by atoms with van der Waals surface area (Å²) in [4.78, 5) is 5.24. The molecule has 0 aromatic heterocycles. The van der Waals surface area contributed by atoms with Crippen LogP contribution in [-0.4, -0.2) is 19.4 Å². The first-order chi connectivity index (χ1) is 13.6. The topological polar surface area (TPSA) is 40.0 Å². The van der Waals surface area contributed by atoms with Gasteiger partial charge in [0.2, 0.25) is 0 Å². The van der Waals surface area contributed by atoms with E-state index in [9.17, 15) is 0 Å². The van der Waals surface area contributed by atoms with E-state index in [4.69, 9.17) is 60.7 Å². The zero-order chi connectivity index (χ0) is 20.2. The molecule has 0 unspecified atom stereocenters. The summed E-state index contributed by atoms with van der Waals surface area (Å²) in [6, 6.07) is 12.7. The Morgan fingerprint density at radius 2 is 1.64 bits per heavy atom. The Kier molecular flexibility index (Phi) is 10.4. The van der Waals surface area contributed by atoms with Gasteiger partial charge in [-0.05, 0) is 37.5 Å². The third kappa shape index (κ3) is 8.61. The molecule has 0 amide bonds. The molecule has 0 aliphatic carbocycles. The second kappa shape index (κ2) is 12.8. The van der Waals surface area contributed by atoms with Gasteiger partial charge in [0, 0.05) is 18.3 Å². The lowest BCUT2D eigenvalue weighted by molar-refractivity contribution is 0.306. The Bertz CT molecular complexity index is 770. The van der Waals surface area contributed by atoms with E-state index in [1.165, 1.54) is 6.08 Å². The summed E-state index contributed by atoms with van der Waals surface area (Å²) >= 11 is 23.5. The summed E-state index contributed by atoms with van der Waals surface area (Å²) in [6.07, 6.45) is 5.75. The van der Waals surface area contributed by atoms with E-state index in [1.54, 1.807) is 18.3 Å². The largest absolute Gasteiger partial charge is 0.490 e. The maximum Gasteiger partial charge on any atom is 0.157 e. The highest BCUT2D eigenvalue weighted by molar-refractivity contribution is 6.55. The second-order valence-electron chi connectivity index (χ2n) is 5.56. The lowest BCUT2D eigenvalue weighted by Gasteiger charge is -2.12. The molecular formula is C20H19Cl4NO3. The van der Waals surface area contributed by atoms with E-state index in [2.05, 4.69) is 5.16 Å². The van der Waals surface area contributed by atoms with Gasteiger partial charge in [-0.15, -0.1) is 0 Å². The van der Waals surface area contributed by atoms with E-state index in [0.717, 1.165) is 19.3 Å². The van der Waals surface area contributed by atoms with E-state index >= 15 is 0 Å². The second-order valence-corrected chi connectivity index (χ2v) is 7.38. The quantitative estimate of drug-likeness (QED) is 0.199. The average molecular weight is 463 g/mol. The molecule has 2 aromatic rings. The Labute approximate surface area is 184 Å². The van der Waals surface area contributed by atoms with Crippen molar-refractivity contribution < 1.29 is 14.3 Å². The number of halogens is 4. The Morgan fingerprint density at radius 3 is 2.32 bits per heavy atom. The summed E-state index contributed by atoms with van der Waals surface area (Å²) in [7, 11) is 0. The Hall–Kier alpha value is -1.59. The van der Waals surface area contributed by atoms with Gasteiger partial charge in [-0.25, -0.2) is 0 Å². The predicted molar refractivity (Wildman–Crippen MR) is 117 cm³/mol. The van der Waals surface area contributed by atoms with Gasteiger partial charge in [0.05, 0.1) is 16.7 Å². The van der Waals surface area contributed by atoms with Crippen LogP contribution in [0.4, 0.5) is 0 Å². The summed E-state index contributed by atoms with van der Waals surface area (Å²) in [5.41, 5.74) is 0. The first-order valence-corrected chi connectivity index (χ1v) is 10.1. The number of para-hydroxylation sites is 1. The fourth-order valence-electron chi connectivity index (χ4n) is 2.10. The number of unbranched alkanes of at least 4 members (excludes halogenated alkanes) is 2. The molecular weight excluding hydrogens is 444 g/mol. The molecule has 0 atom stereocenters. The Morgan fingerprint density at radius 1 is 0.929 bits per heavy atom. The van der Waals surface area contributed by atoms with Crippen molar-refractivity contribution in [2.45, 2.75) is 19.3 Å². The molecule has 0 saturated heterocycles. The zero-order valence-corrected chi connectivity index (χ0v) is 17.9. The number of benzene rings is 2. The van der Waals surface area contributed by atoms with Gasteiger partial charge < -0.3 is 14.3 Å². The molecule has 8 heteroatoms. The van der Waals surface area contributed by atoms with E-state index in [0.29, 0.717) is 33.9 Å². The lowest BCUT2D eigenvalue weighted by atomic mass is 10.2. The van der Waals surface area contributed by atoms with E-state index in [1.807, 2.05) is 30.3 Å². The molecule has 0 aliphatic rings. The zero-order valence-electron chi connectivity index (χ0n) is 14.9. The highest BCUT2D eigenvalue weighted by Crippen LogP contribution is 2.37. The van der Waals surface area contributed by atoms with Crippen LogP contribution in [0.2, 0.25) is 10.0 Å². The standard InChI is InChI=1S/C20H19Cl4NO3/c21-17-13-16(26-12-9-19(23)24)14-18(22)20(17)27-11-6-2-5-10-25-28-15-7-3-1-4-8-15/h1,3-4,7-10,13-14H,2,5-6,11-12H2. The number of ether oxygens (including phenoxy) is 2. The molecule has 0 aliphatic heterocycles. The van der Waals surface area contributed by atoms with Gasteiger partial charge >= 0.3 is 0 Å². The third-order valence-electron chi connectivity index (χ3n) is 3.41. The number of nitrogens with zero attached hydrogens (tertiary/aromatic N) is 1. The maximum atomic E-state index is 6.22. The SMILES string of the molecule is ClC(Cl)=CCOc1cc(Cl)c(OCCCCC=NOc2ccccc2)c(Cl)c1. The first-order valence-electron chi connectivity index (χ1n) is 8.56. The summed E-state index contributed by atoms with van der Waals surface area (Å²) < 4.78 is 11.3. The van der Waals surface area contributed by atoms with Crippen LogP contribution in [0, 0.1) is 0 Å². The molecule has 2 rings (SSSR count). The van der Waals surface area contributed by atoms with Crippen LogP contribution in [-0.2, 0) is 0 Å². The average Bonchev–Trinajstić information content (AvgIpc) is 2.66. The van der Waals surface area contributed by atoms with Crippen molar-refractivity contribution in [3.63, 3.8) is 0 Å². The smallest absolute Gasteiger partial charge is 0.157 e. The van der Waals surface area contributed by atoms with Crippen molar-refractivity contribution in [3.8, 4) is 17.2 Å². The molecule has 28 heavy (non-hydrogen) atoms. The van der Waals surface area contributed by atoms with E-state index in [-0.39, 0.29) is 11.1 Å². The van der Waals surface area contributed by atoms with Crippen molar-refractivity contribution in [1.82, 2.24) is 0 Å². The molecule has 0 heterocycles. The minimum atomic E-state index is 0.133. The predicted octanol–water partition coefficient (Wildman–Crippen LogP) is 7.31. The minimum absolute atomic E-state index is 0.133. The molecule has 0 N–H and O–H groups in total. The van der Waals surface area contributed by atoms with Crippen molar-refractivity contribution in [2.75, 3.05) is 13.2 Å². The van der Waals surface area contributed by atoms with Gasteiger partial charge in [0.25, 0.3) is 0 Å². The van der Waals surface area contributed by atoms with Crippen LogP contribution < -0.4 is 14.3 Å². The van der Waals surface area contributed by atoms with Crippen LogP contribution in [0.15, 0.2) is 58.2 Å². The number of hydrogen-bond donors (Lipinski definition) is 0. The highest BCUT2D eigenvalue weighted by Gasteiger charge is 2.10. The van der Waals surface area contributed by atoms with Gasteiger partial charge in [0.15, 0.2) is 11.5 Å².